The topological polar surface area (TPSA) is 83.4 Å². The van der Waals surface area contributed by atoms with Gasteiger partial charge in [0.15, 0.2) is 5.65 Å². The molecule has 2 N–H and O–H groups in total. The fourth-order valence-corrected chi connectivity index (χ4v) is 4.94. The summed E-state index contributed by atoms with van der Waals surface area (Å²) in [4.78, 5) is 7.20. The molecule has 6 rings (SSSR count). The summed E-state index contributed by atoms with van der Waals surface area (Å²) in [6, 6.07) is 6.35. The van der Waals surface area contributed by atoms with Crippen molar-refractivity contribution in [3.63, 3.8) is 0 Å². The number of pyridine rings is 2. The van der Waals surface area contributed by atoms with E-state index in [9.17, 15) is 0 Å². The lowest BCUT2D eigenvalue weighted by Crippen LogP contribution is -2.60. The van der Waals surface area contributed by atoms with Crippen LogP contribution in [0.5, 0.6) is 5.75 Å². The minimum Gasteiger partial charge on any atom is -0.492 e. The van der Waals surface area contributed by atoms with Crippen LogP contribution in [0.4, 0.5) is 5.82 Å². The fourth-order valence-electron chi connectivity index (χ4n) is 4.94. The Morgan fingerprint density at radius 2 is 2.03 bits per heavy atom. The molecule has 0 aliphatic carbocycles. The number of nitrogens with one attached hydrogen (secondary N) is 2. The third-order valence-electron chi connectivity index (χ3n) is 6.51. The number of aromatic amines is 1. The highest BCUT2D eigenvalue weighted by Gasteiger charge is 2.43. The van der Waals surface area contributed by atoms with Crippen molar-refractivity contribution in [2.45, 2.75) is 19.8 Å². The number of piperidine rings is 1. The van der Waals surface area contributed by atoms with E-state index in [1.165, 1.54) is 12.8 Å². The highest BCUT2D eigenvalue weighted by Crippen LogP contribution is 2.41. The molecule has 30 heavy (non-hydrogen) atoms. The Hall–Kier alpha value is -3.13. The Bertz CT molecular complexity index is 1200. The lowest BCUT2D eigenvalue weighted by molar-refractivity contribution is 0.149. The zero-order chi connectivity index (χ0) is 20.1. The summed E-state index contributed by atoms with van der Waals surface area (Å²) in [5, 5.41) is 16.2. The second kappa shape index (κ2) is 6.70. The minimum atomic E-state index is 0.494. The van der Waals surface area contributed by atoms with Crippen LogP contribution >= 0.6 is 0 Å². The van der Waals surface area contributed by atoms with Crippen LogP contribution in [0.2, 0.25) is 0 Å². The molecular weight excluding hydrogens is 378 g/mol. The minimum absolute atomic E-state index is 0.494. The molecule has 8 heteroatoms. The van der Waals surface area contributed by atoms with Gasteiger partial charge in [0.2, 0.25) is 0 Å². The van der Waals surface area contributed by atoms with Gasteiger partial charge in [-0.1, -0.05) is 0 Å². The molecule has 0 bridgehead atoms. The van der Waals surface area contributed by atoms with Gasteiger partial charge in [-0.25, -0.2) is 9.50 Å². The van der Waals surface area contributed by atoms with Crippen molar-refractivity contribution in [3.8, 4) is 16.9 Å². The summed E-state index contributed by atoms with van der Waals surface area (Å²) in [6.45, 7) is 7.10. The van der Waals surface area contributed by atoms with Crippen LogP contribution in [-0.2, 0) is 0 Å². The quantitative estimate of drug-likeness (QED) is 0.545. The number of H-pyrrole nitrogens is 1. The summed E-state index contributed by atoms with van der Waals surface area (Å²) in [5.41, 5.74) is 4.36. The van der Waals surface area contributed by atoms with Crippen molar-refractivity contribution in [1.82, 2.24) is 30.1 Å². The lowest BCUT2D eigenvalue weighted by atomic mass is 9.72. The normalized spacial score (nSPS) is 18.2. The molecule has 154 valence electrons. The monoisotopic (exact) mass is 403 g/mol. The first-order valence-electron chi connectivity index (χ1n) is 10.7. The van der Waals surface area contributed by atoms with Gasteiger partial charge in [-0.2, -0.15) is 5.10 Å². The molecule has 0 atom stereocenters. The van der Waals surface area contributed by atoms with Gasteiger partial charge in [-0.15, -0.1) is 5.10 Å². The number of ether oxygens (including phenoxy) is 1. The van der Waals surface area contributed by atoms with Gasteiger partial charge in [0.05, 0.1) is 29.9 Å². The number of hydrogen-bond donors (Lipinski definition) is 2. The molecule has 2 aliphatic rings. The SMILES string of the molecule is CCOc1cc(-c2ccc(N3CC4(CCNCC4)C3)nc2)c2c3cn[nH]c3nn2c1. The van der Waals surface area contributed by atoms with Crippen LogP contribution in [0, 0.1) is 5.41 Å². The maximum absolute atomic E-state index is 5.78. The largest absolute Gasteiger partial charge is 0.492 e. The predicted octanol–water partition coefficient (Wildman–Crippen LogP) is 2.86. The van der Waals surface area contributed by atoms with E-state index >= 15 is 0 Å². The van der Waals surface area contributed by atoms with Gasteiger partial charge in [-0.05, 0) is 51.1 Å². The van der Waals surface area contributed by atoms with Gasteiger partial charge < -0.3 is 15.0 Å². The molecular formula is C22H25N7O. The number of rotatable bonds is 4. The van der Waals surface area contributed by atoms with Gasteiger partial charge in [0, 0.05) is 35.8 Å². The molecule has 0 saturated carbocycles. The van der Waals surface area contributed by atoms with Crippen LogP contribution in [0.1, 0.15) is 19.8 Å². The number of anilines is 1. The molecule has 2 saturated heterocycles. The van der Waals surface area contributed by atoms with Gasteiger partial charge in [-0.3, -0.25) is 5.10 Å². The summed E-state index contributed by atoms with van der Waals surface area (Å²) in [5.74, 6) is 1.85. The first-order valence-corrected chi connectivity index (χ1v) is 10.7. The van der Waals surface area contributed by atoms with Crippen LogP contribution < -0.4 is 15.0 Å². The molecule has 1 spiro atoms. The Morgan fingerprint density at radius 1 is 1.17 bits per heavy atom. The van der Waals surface area contributed by atoms with E-state index in [1.54, 1.807) is 0 Å². The first-order chi connectivity index (χ1) is 14.7. The Morgan fingerprint density at radius 3 is 2.80 bits per heavy atom. The van der Waals surface area contributed by atoms with Crippen molar-refractivity contribution in [3.05, 3.63) is 36.8 Å². The van der Waals surface area contributed by atoms with Crippen molar-refractivity contribution in [2.24, 2.45) is 5.41 Å². The highest BCUT2D eigenvalue weighted by atomic mass is 16.5. The smallest absolute Gasteiger partial charge is 0.178 e. The molecule has 4 aromatic heterocycles. The van der Waals surface area contributed by atoms with E-state index in [4.69, 9.17) is 9.72 Å². The number of hydrogen-bond acceptors (Lipinski definition) is 6. The van der Waals surface area contributed by atoms with Crippen LogP contribution in [0.15, 0.2) is 36.8 Å². The van der Waals surface area contributed by atoms with E-state index in [0.717, 1.165) is 65.4 Å². The highest BCUT2D eigenvalue weighted by molar-refractivity contribution is 6.00. The second-order valence-electron chi connectivity index (χ2n) is 8.46. The number of nitrogens with zero attached hydrogens (tertiary/aromatic N) is 5. The molecule has 2 fully saturated rings. The molecule has 8 nitrogen and oxygen atoms in total. The van der Waals surface area contributed by atoms with Gasteiger partial charge in [0.25, 0.3) is 0 Å². The van der Waals surface area contributed by atoms with Gasteiger partial charge >= 0.3 is 0 Å². The van der Waals surface area contributed by atoms with Crippen LogP contribution in [0.25, 0.3) is 27.7 Å². The first kappa shape index (κ1) is 17.7. The summed E-state index contributed by atoms with van der Waals surface area (Å²) in [7, 11) is 0. The summed E-state index contributed by atoms with van der Waals surface area (Å²) >= 11 is 0. The molecule has 0 amide bonds. The average molecular weight is 403 g/mol. The Kier molecular flexibility index (Phi) is 3.95. The third-order valence-corrected chi connectivity index (χ3v) is 6.51. The van der Waals surface area contributed by atoms with Crippen LogP contribution in [0.3, 0.4) is 0 Å². The van der Waals surface area contributed by atoms with Gasteiger partial charge in [0.1, 0.15) is 11.6 Å². The number of aromatic nitrogens is 5. The molecule has 2 aliphatic heterocycles. The number of fused-ring (bicyclic) bond motifs is 3. The van der Waals surface area contributed by atoms with Crippen molar-refractivity contribution < 1.29 is 4.74 Å². The molecule has 0 aromatic carbocycles. The molecule has 6 heterocycles. The molecule has 4 aromatic rings. The fraction of sp³-hybridized carbons (Fsp3) is 0.409. The second-order valence-corrected chi connectivity index (χ2v) is 8.46. The van der Waals surface area contributed by atoms with Crippen molar-refractivity contribution in [1.29, 1.82) is 0 Å². The summed E-state index contributed by atoms with van der Waals surface area (Å²) in [6.07, 6.45) is 8.24. The zero-order valence-corrected chi connectivity index (χ0v) is 17.1. The predicted molar refractivity (Wildman–Crippen MR) is 116 cm³/mol. The maximum atomic E-state index is 5.78. The standard InChI is InChI=1S/C22H25N7O/c1-2-30-16-9-17(20-18-11-25-26-21(18)27-29(20)12-16)15-3-4-19(24-10-15)28-13-22(14-28)5-7-23-8-6-22/h3-4,9-12,23H,2,5-8,13-14H2,1H3,(H,26,27). The average Bonchev–Trinajstić information content (AvgIpc) is 3.33. The van der Waals surface area contributed by atoms with E-state index in [-0.39, 0.29) is 0 Å². The lowest BCUT2D eigenvalue weighted by Gasteiger charge is -2.53. The van der Waals surface area contributed by atoms with Crippen molar-refractivity contribution >= 4 is 22.4 Å². The van der Waals surface area contributed by atoms with Crippen LogP contribution in [-0.4, -0.2) is 57.6 Å². The Labute approximate surface area is 174 Å². The van der Waals surface area contributed by atoms with E-state index in [1.807, 2.05) is 30.0 Å². The Balaban J connectivity index is 1.34. The summed E-state index contributed by atoms with van der Waals surface area (Å²) < 4.78 is 7.65. The van der Waals surface area contributed by atoms with E-state index in [2.05, 4.69) is 43.7 Å². The molecule has 0 unspecified atom stereocenters. The van der Waals surface area contributed by atoms with E-state index < -0.39 is 0 Å². The molecule has 0 radical (unpaired) electrons. The third kappa shape index (κ3) is 2.74. The zero-order valence-electron chi connectivity index (χ0n) is 17.1. The van der Waals surface area contributed by atoms with Crippen molar-refractivity contribution in [2.75, 3.05) is 37.7 Å². The maximum Gasteiger partial charge on any atom is 0.178 e. The van der Waals surface area contributed by atoms with E-state index in [0.29, 0.717) is 12.0 Å².